The highest BCUT2D eigenvalue weighted by atomic mass is 15.2. The lowest BCUT2D eigenvalue weighted by Crippen LogP contribution is -2.18. The van der Waals surface area contributed by atoms with E-state index in [2.05, 4.69) is 38.0 Å². The number of hydrogen-bond acceptors (Lipinski definition) is 2. The van der Waals surface area contributed by atoms with Gasteiger partial charge in [-0.2, -0.15) is 0 Å². The summed E-state index contributed by atoms with van der Waals surface area (Å²) < 4.78 is 0. The van der Waals surface area contributed by atoms with E-state index in [0.717, 1.165) is 17.7 Å². The van der Waals surface area contributed by atoms with Crippen molar-refractivity contribution in [3.05, 3.63) is 42.0 Å². The third kappa shape index (κ3) is 2.89. The summed E-state index contributed by atoms with van der Waals surface area (Å²) in [5, 5.41) is 0. The maximum absolute atomic E-state index is 5.27. The lowest BCUT2D eigenvalue weighted by Gasteiger charge is -2.07. The monoisotopic (exact) mass is 190 g/mol. The zero-order valence-electron chi connectivity index (χ0n) is 8.88. The molecule has 0 saturated heterocycles. The summed E-state index contributed by atoms with van der Waals surface area (Å²) in [5.41, 5.74) is 5.69. The number of hydrazine groups is 1. The van der Waals surface area contributed by atoms with Crippen molar-refractivity contribution in [2.45, 2.75) is 20.3 Å². The quantitative estimate of drug-likeness (QED) is 0.565. The molecule has 0 aliphatic heterocycles. The summed E-state index contributed by atoms with van der Waals surface area (Å²) in [6.45, 7) is 8.23. The maximum atomic E-state index is 5.27. The van der Waals surface area contributed by atoms with Crippen LogP contribution in [0.15, 0.2) is 30.8 Å². The average molecular weight is 190 g/mol. The van der Waals surface area contributed by atoms with Gasteiger partial charge in [-0.05, 0) is 23.5 Å². The van der Waals surface area contributed by atoms with Crippen LogP contribution in [-0.2, 0) is 6.42 Å². The first-order valence-corrected chi connectivity index (χ1v) is 4.88. The molecule has 0 atom stereocenters. The molecule has 0 heterocycles. The van der Waals surface area contributed by atoms with Crippen molar-refractivity contribution in [1.29, 1.82) is 0 Å². The van der Waals surface area contributed by atoms with E-state index in [-0.39, 0.29) is 0 Å². The molecule has 2 heteroatoms. The maximum Gasteiger partial charge on any atom is 0.0485 e. The van der Waals surface area contributed by atoms with Gasteiger partial charge in [0.05, 0.1) is 0 Å². The third-order valence-electron chi connectivity index (χ3n) is 2.12. The van der Waals surface area contributed by atoms with Gasteiger partial charge in [-0.25, -0.2) is 0 Å². The van der Waals surface area contributed by atoms with Crippen molar-refractivity contribution in [2.24, 2.45) is 11.8 Å². The molecule has 0 aliphatic rings. The molecule has 0 amide bonds. The molecular formula is C12H18N2. The van der Waals surface area contributed by atoms with E-state index in [4.69, 9.17) is 5.84 Å². The zero-order valence-corrected chi connectivity index (χ0v) is 8.88. The summed E-state index contributed by atoms with van der Waals surface area (Å²) in [6.07, 6.45) is 1.11. The molecule has 3 N–H and O–H groups in total. The molecule has 0 saturated carbocycles. The molecule has 1 aromatic carbocycles. The molecule has 0 bridgehead atoms. The van der Waals surface area contributed by atoms with Crippen molar-refractivity contribution in [3.8, 4) is 0 Å². The Balaban J connectivity index is 2.73. The predicted octanol–water partition coefficient (Wildman–Crippen LogP) is 2.32. The Morgan fingerprint density at radius 2 is 1.93 bits per heavy atom. The van der Waals surface area contributed by atoms with Gasteiger partial charge in [-0.1, -0.05) is 44.7 Å². The molecule has 76 valence electrons. The molecule has 2 nitrogen and oxygen atoms in total. The second-order valence-corrected chi connectivity index (χ2v) is 3.92. The molecule has 0 unspecified atom stereocenters. The predicted molar refractivity (Wildman–Crippen MR) is 61.3 cm³/mol. The van der Waals surface area contributed by atoms with E-state index in [9.17, 15) is 0 Å². The highest BCUT2D eigenvalue weighted by Crippen LogP contribution is 2.13. The van der Waals surface area contributed by atoms with Gasteiger partial charge in [0.1, 0.15) is 0 Å². The summed E-state index contributed by atoms with van der Waals surface area (Å²) in [5.74, 6) is 5.96. The lowest BCUT2D eigenvalue weighted by molar-refractivity contribution is 0.647. The summed E-state index contributed by atoms with van der Waals surface area (Å²) in [4.78, 5) is 0. The fraction of sp³-hybridized carbons (Fsp3) is 0.333. The van der Waals surface area contributed by atoms with Gasteiger partial charge in [0, 0.05) is 5.70 Å². The van der Waals surface area contributed by atoms with E-state index >= 15 is 0 Å². The van der Waals surface area contributed by atoms with Crippen LogP contribution in [0.1, 0.15) is 25.0 Å². The van der Waals surface area contributed by atoms with Gasteiger partial charge in [0.15, 0.2) is 0 Å². The Bertz CT molecular complexity index is 299. The third-order valence-corrected chi connectivity index (χ3v) is 2.12. The number of rotatable bonds is 4. The van der Waals surface area contributed by atoms with Gasteiger partial charge in [-0.15, -0.1) is 0 Å². The Labute approximate surface area is 85.8 Å². The summed E-state index contributed by atoms with van der Waals surface area (Å²) >= 11 is 0. The molecule has 1 rings (SSSR count). The highest BCUT2D eigenvalue weighted by Gasteiger charge is 1.99. The zero-order chi connectivity index (χ0) is 10.6. The van der Waals surface area contributed by atoms with Crippen molar-refractivity contribution < 1.29 is 0 Å². The van der Waals surface area contributed by atoms with Gasteiger partial charge in [-0.3, -0.25) is 5.84 Å². The van der Waals surface area contributed by atoms with Gasteiger partial charge in [0.25, 0.3) is 0 Å². The number of benzene rings is 1. The summed E-state index contributed by atoms with van der Waals surface area (Å²) in [7, 11) is 0. The van der Waals surface area contributed by atoms with Crippen molar-refractivity contribution in [3.63, 3.8) is 0 Å². The number of nitrogens with one attached hydrogen (secondary N) is 1. The van der Waals surface area contributed by atoms with E-state index in [0.29, 0.717) is 5.92 Å². The Hall–Kier alpha value is -1.28. The smallest absolute Gasteiger partial charge is 0.0485 e. The molecular weight excluding hydrogens is 172 g/mol. The molecule has 0 radical (unpaired) electrons. The minimum Gasteiger partial charge on any atom is -0.324 e. The van der Waals surface area contributed by atoms with Crippen LogP contribution in [0.2, 0.25) is 0 Å². The largest absolute Gasteiger partial charge is 0.324 e. The standard InChI is InChI=1S/C12H18N2/c1-9(2)8-11-4-6-12(7-5-11)10(3)14-13/h4-7,9,14H,3,8,13H2,1-2H3. The van der Waals surface area contributed by atoms with Crippen LogP contribution < -0.4 is 11.3 Å². The van der Waals surface area contributed by atoms with Crippen LogP contribution in [-0.4, -0.2) is 0 Å². The molecule has 0 fully saturated rings. The fourth-order valence-corrected chi connectivity index (χ4v) is 1.40. The average Bonchev–Trinajstić information content (AvgIpc) is 2.17. The first-order chi connectivity index (χ1) is 6.63. The Kier molecular flexibility index (Phi) is 3.72. The van der Waals surface area contributed by atoms with E-state index in [1.54, 1.807) is 0 Å². The number of hydrogen-bond donors (Lipinski definition) is 2. The minimum atomic E-state index is 0.691. The van der Waals surface area contributed by atoms with Gasteiger partial charge in [0.2, 0.25) is 0 Å². The van der Waals surface area contributed by atoms with Gasteiger partial charge >= 0.3 is 0 Å². The van der Waals surface area contributed by atoms with Crippen LogP contribution in [0.3, 0.4) is 0 Å². The Morgan fingerprint density at radius 3 is 2.36 bits per heavy atom. The topological polar surface area (TPSA) is 38.0 Å². The molecule has 14 heavy (non-hydrogen) atoms. The first kappa shape index (κ1) is 10.8. The van der Waals surface area contributed by atoms with Gasteiger partial charge < -0.3 is 5.43 Å². The van der Waals surface area contributed by atoms with Crippen LogP contribution >= 0.6 is 0 Å². The molecule has 1 aromatic rings. The molecule has 0 spiro atoms. The first-order valence-electron chi connectivity index (χ1n) is 4.88. The van der Waals surface area contributed by atoms with E-state index in [1.165, 1.54) is 5.56 Å². The van der Waals surface area contributed by atoms with Crippen LogP contribution in [0, 0.1) is 5.92 Å². The lowest BCUT2D eigenvalue weighted by atomic mass is 10.0. The van der Waals surface area contributed by atoms with Crippen LogP contribution in [0.5, 0.6) is 0 Å². The summed E-state index contributed by atoms with van der Waals surface area (Å²) in [6, 6.07) is 8.33. The van der Waals surface area contributed by atoms with Crippen molar-refractivity contribution in [1.82, 2.24) is 5.43 Å². The second kappa shape index (κ2) is 4.82. The second-order valence-electron chi connectivity index (χ2n) is 3.92. The van der Waals surface area contributed by atoms with Crippen molar-refractivity contribution >= 4 is 5.70 Å². The SMILES string of the molecule is C=C(NN)c1ccc(CC(C)C)cc1. The normalized spacial score (nSPS) is 10.3. The number of nitrogens with two attached hydrogens (primary N) is 1. The Morgan fingerprint density at radius 1 is 1.36 bits per heavy atom. The van der Waals surface area contributed by atoms with Crippen LogP contribution in [0.4, 0.5) is 0 Å². The fourth-order valence-electron chi connectivity index (χ4n) is 1.40. The minimum absolute atomic E-state index is 0.691. The van der Waals surface area contributed by atoms with E-state index < -0.39 is 0 Å². The van der Waals surface area contributed by atoms with Crippen molar-refractivity contribution in [2.75, 3.05) is 0 Å². The highest BCUT2D eigenvalue weighted by molar-refractivity contribution is 5.61. The molecule has 0 aromatic heterocycles. The van der Waals surface area contributed by atoms with E-state index in [1.807, 2.05) is 12.1 Å². The molecule has 0 aliphatic carbocycles. The van der Waals surface area contributed by atoms with Crippen LogP contribution in [0.25, 0.3) is 5.70 Å².